The van der Waals surface area contributed by atoms with Crippen molar-refractivity contribution >= 4 is 15.9 Å². The summed E-state index contributed by atoms with van der Waals surface area (Å²) in [7, 11) is 0. The Kier molecular flexibility index (Phi) is 7.96. The molecule has 23 heavy (non-hydrogen) atoms. The highest BCUT2D eigenvalue weighted by molar-refractivity contribution is 9.10. The third-order valence-corrected chi connectivity index (χ3v) is 4.77. The maximum absolute atomic E-state index is 5.70. The molecule has 128 valence electrons. The Morgan fingerprint density at radius 2 is 1.83 bits per heavy atom. The molecule has 1 aliphatic carbocycles. The van der Waals surface area contributed by atoms with Gasteiger partial charge in [-0.15, -0.1) is 0 Å². The van der Waals surface area contributed by atoms with Crippen molar-refractivity contribution in [2.75, 3.05) is 19.8 Å². The average molecular weight is 382 g/mol. The summed E-state index contributed by atoms with van der Waals surface area (Å²) < 4.78 is 12.4. The predicted octanol–water partition coefficient (Wildman–Crippen LogP) is 5.23. The summed E-state index contributed by atoms with van der Waals surface area (Å²) in [6, 6.07) is 4.08. The molecule has 0 radical (unpaired) electrons. The SMILES string of the molecule is CCOc1cc(Br)c(CNCCC2=CCCCC2)cc1OCC. The van der Waals surface area contributed by atoms with E-state index in [-0.39, 0.29) is 0 Å². The Hall–Kier alpha value is -1.00. The Balaban J connectivity index is 1.90. The van der Waals surface area contributed by atoms with Crippen LogP contribution in [-0.2, 0) is 6.54 Å². The van der Waals surface area contributed by atoms with Crippen LogP contribution in [0.2, 0.25) is 0 Å². The zero-order chi connectivity index (χ0) is 16.5. The number of ether oxygens (including phenoxy) is 2. The Morgan fingerprint density at radius 3 is 2.48 bits per heavy atom. The molecule has 0 fully saturated rings. The van der Waals surface area contributed by atoms with Gasteiger partial charge in [0.2, 0.25) is 0 Å². The normalized spacial score (nSPS) is 14.5. The summed E-state index contributed by atoms with van der Waals surface area (Å²) in [5.74, 6) is 1.63. The molecular weight excluding hydrogens is 354 g/mol. The van der Waals surface area contributed by atoms with Crippen LogP contribution in [0.15, 0.2) is 28.3 Å². The van der Waals surface area contributed by atoms with E-state index in [0.29, 0.717) is 13.2 Å². The van der Waals surface area contributed by atoms with Gasteiger partial charge in [-0.1, -0.05) is 27.6 Å². The van der Waals surface area contributed by atoms with Crippen LogP contribution < -0.4 is 14.8 Å². The van der Waals surface area contributed by atoms with Crippen molar-refractivity contribution in [3.63, 3.8) is 0 Å². The maximum atomic E-state index is 5.70. The van der Waals surface area contributed by atoms with Crippen molar-refractivity contribution in [3.05, 3.63) is 33.8 Å². The zero-order valence-electron chi connectivity index (χ0n) is 14.3. The molecule has 0 saturated carbocycles. The van der Waals surface area contributed by atoms with Crippen molar-refractivity contribution in [2.24, 2.45) is 0 Å². The average Bonchev–Trinajstić information content (AvgIpc) is 2.56. The standard InChI is InChI=1S/C19H28BrNO2/c1-3-22-18-12-16(17(20)13-19(18)23-4-2)14-21-11-10-15-8-6-5-7-9-15/h8,12-13,21H,3-7,9-11,14H2,1-2H3. The largest absolute Gasteiger partial charge is 0.490 e. The van der Waals surface area contributed by atoms with Crippen molar-refractivity contribution in [1.29, 1.82) is 0 Å². The third-order valence-electron chi connectivity index (χ3n) is 4.04. The Morgan fingerprint density at radius 1 is 1.09 bits per heavy atom. The predicted molar refractivity (Wildman–Crippen MR) is 99.4 cm³/mol. The van der Waals surface area contributed by atoms with Gasteiger partial charge in [-0.25, -0.2) is 0 Å². The fourth-order valence-electron chi connectivity index (χ4n) is 2.85. The van der Waals surface area contributed by atoms with Gasteiger partial charge in [-0.3, -0.25) is 0 Å². The van der Waals surface area contributed by atoms with Crippen LogP contribution >= 0.6 is 15.9 Å². The van der Waals surface area contributed by atoms with E-state index < -0.39 is 0 Å². The molecule has 0 amide bonds. The van der Waals surface area contributed by atoms with E-state index in [1.807, 2.05) is 19.9 Å². The second-order valence-corrected chi connectivity index (χ2v) is 6.65. The first-order valence-corrected chi connectivity index (χ1v) is 9.50. The van der Waals surface area contributed by atoms with Crippen LogP contribution in [0.5, 0.6) is 11.5 Å². The molecule has 1 aromatic carbocycles. The molecule has 0 aromatic heterocycles. The second kappa shape index (κ2) is 9.99. The number of hydrogen-bond acceptors (Lipinski definition) is 3. The first kappa shape index (κ1) is 18.3. The molecule has 0 bridgehead atoms. The smallest absolute Gasteiger partial charge is 0.162 e. The molecule has 1 aromatic rings. The van der Waals surface area contributed by atoms with Gasteiger partial charge in [0.25, 0.3) is 0 Å². The van der Waals surface area contributed by atoms with Crippen LogP contribution in [0.3, 0.4) is 0 Å². The number of hydrogen-bond donors (Lipinski definition) is 1. The molecule has 0 saturated heterocycles. The van der Waals surface area contributed by atoms with Crippen molar-refractivity contribution in [1.82, 2.24) is 5.32 Å². The first-order valence-electron chi connectivity index (χ1n) is 8.71. The lowest BCUT2D eigenvalue weighted by Crippen LogP contribution is -2.16. The van der Waals surface area contributed by atoms with Crippen molar-refractivity contribution in [3.8, 4) is 11.5 Å². The molecular formula is C19H28BrNO2. The lowest BCUT2D eigenvalue weighted by Gasteiger charge is -2.15. The molecule has 1 aliphatic rings. The van der Waals surface area contributed by atoms with Gasteiger partial charge in [-0.2, -0.15) is 0 Å². The van der Waals surface area contributed by atoms with Gasteiger partial charge < -0.3 is 14.8 Å². The highest BCUT2D eigenvalue weighted by Gasteiger charge is 2.10. The number of nitrogens with one attached hydrogen (secondary N) is 1. The van der Waals surface area contributed by atoms with E-state index in [1.165, 1.54) is 31.2 Å². The quantitative estimate of drug-likeness (QED) is 0.469. The summed E-state index contributed by atoms with van der Waals surface area (Å²) in [6.45, 7) is 7.12. The van der Waals surface area contributed by atoms with Gasteiger partial charge in [-0.05, 0) is 70.2 Å². The molecule has 0 unspecified atom stereocenters. The van der Waals surface area contributed by atoms with Crippen molar-refractivity contribution < 1.29 is 9.47 Å². The van der Waals surface area contributed by atoms with Gasteiger partial charge >= 0.3 is 0 Å². The number of benzene rings is 1. The molecule has 0 atom stereocenters. The van der Waals surface area contributed by atoms with E-state index in [1.54, 1.807) is 5.57 Å². The minimum absolute atomic E-state index is 0.638. The number of rotatable bonds is 9. The third kappa shape index (κ3) is 5.85. The van der Waals surface area contributed by atoms with Crippen molar-refractivity contribution in [2.45, 2.75) is 52.5 Å². The highest BCUT2D eigenvalue weighted by atomic mass is 79.9. The van der Waals surface area contributed by atoms with Gasteiger partial charge in [0, 0.05) is 11.0 Å². The summed E-state index contributed by atoms with van der Waals surface area (Å²) in [6.07, 6.45) is 8.84. The summed E-state index contributed by atoms with van der Waals surface area (Å²) in [5, 5.41) is 3.54. The summed E-state index contributed by atoms with van der Waals surface area (Å²) in [4.78, 5) is 0. The van der Waals surface area contributed by atoms with Gasteiger partial charge in [0.1, 0.15) is 0 Å². The minimum Gasteiger partial charge on any atom is -0.490 e. The second-order valence-electron chi connectivity index (χ2n) is 5.79. The van der Waals surface area contributed by atoms with E-state index in [0.717, 1.165) is 35.5 Å². The zero-order valence-corrected chi connectivity index (χ0v) is 15.9. The highest BCUT2D eigenvalue weighted by Crippen LogP contribution is 2.34. The maximum Gasteiger partial charge on any atom is 0.162 e. The molecule has 3 nitrogen and oxygen atoms in total. The number of allylic oxidation sites excluding steroid dienone is 1. The van der Waals surface area contributed by atoms with Crippen LogP contribution in [-0.4, -0.2) is 19.8 Å². The van der Waals surface area contributed by atoms with E-state index in [9.17, 15) is 0 Å². The molecule has 2 rings (SSSR count). The number of halogens is 1. The van der Waals surface area contributed by atoms with Crippen LogP contribution in [0.4, 0.5) is 0 Å². The molecule has 0 heterocycles. The Labute approximate surface area is 148 Å². The molecule has 1 N–H and O–H groups in total. The van der Waals surface area contributed by atoms with E-state index >= 15 is 0 Å². The Bertz CT molecular complexity index is 528. The molecule has 0 spiro atoms. The van der Waals surface area contributed by atoms with Gasteiger partial charge in [0.05, 0.1) is 13.2 Å². The van der Waals surface area contributed by atoms with Crippen LogP contribution in [0, 0.1) is 0 Å². The van der Waals surface area contributed by atoms with Crippen LogP contribution in [0.1, 0.15) is 51.5 Å². The van der Waals surface area contributed by atoms with Crippen LogP contribution in [0.25, 0.3) is 0 Å². The molecule has 0 aliphatic heterocycles. The van der Waals surface area contributed by atoms with Gasteiger partial charge in [0.15, 0.2) is 11.5 Å². The molecule has 4 heteroatoms. The first-order chi connectivity index (χ1) is 11.2. The fraction of sp³-hybridized carbons (Fsp3) is 0.579. The topological polar surface area (TPSA) is 30.5 Å². The minimum atomic E-state index is 0.638. The van der Waals surface area contributed by atoms with E-state index in [4.69, 9.17) is 9.47 Å². The fourth-order valence-corrected chi connectivity index (χ4v) is 3.32. The van der Waals surface area contributed by atoms with E-state index in [2.05, 4.69) is 33.4 Å². The lowest BCUT2D eigenvalue weighted by molar-refractivity contribution is 0.287. The summed E-state index contributed by atoms with van der Waals surface area (Å²) >= 11 is 3.64. The lowest BCUT2D eigenvalue weighted by atomic mass is 9.97. The monoisotopic (exact) mass is 381 g/mol. The summed E-state index contributed by atoms with van der Waals surface area (Å²) in [5.41, 5.74) is 2.82.